The lowest BCUT2D eigenvalue weighted by Crippen LogP contribution is -2.43. The Labute approximate surface area is 241 Å². The molecule has 1 rings (SSSR count). The predicted molar refractivity (Wildman–Crippen MR) is 149 cm³/mol. The summed E-state index contributed by atoms with van der Waals surface area (Å²) < 4.78 is 31.9. The number of ether oxygens (including phenoxy) is 6. The quantitative estimate of drug-likeness (QED) is 0.182. The van der Waals surface area contributed by atoms with Crippen LogP contribution in [0.3, 0.4) is 0 Å². The van der Waals surface area contributed by atoms with Crippen molar-refractivity contribution in [1.29, 1.82) is 0 Å². The van der Waals surface area contributed by atoms with Crippen LogP contribution in [0.1, 0.15) is 94.1 Å². The van der Waals surface area contributed by atoms with Gasteiger partial charge in [-0.05, 0) is 86.4 Å². The molecule has 0 fully saturated rings. The number of hydrogen-bond donors (Lipinski definition) is 2. The van der Waals surface area contributed by atoms with Crippen LogP contribution in [0.2, 0.25) is 0 Å². The zero-order valence-corrected chi connectivity index (χ0v) is 25.9. The van der Waals surface area contributed by atoms with Crippen molar-refractivity contribution in [3.63, 3.8) is 0 Å². The topological polar surface area (TPSA) is 170 Å². The van der Waals surface area contributed by atoms with E-state index < -0.39 is 65.2 Å². The highest BCUT2D eigenvalue weighted by molar-refractivity contribution is 5.75. The number of hydrogen-bond acceptors (Lipinski definition) is 11. The summed E-state index contributed by atoms with van der Waals surface area (Å²) in [4.78, 5) is 49.3. The molecule has 0 aliphatic carbocycles. The van der Waals surface area contributed by atoms with Crippen molar-refractivity contribution in [3.8, 4) is 11.5 Å². The Morgan fingerprint density at radius 2 is 1.29 bits per heavy atom. The number of carboxylic acid groups (broad SMARTS) is 1. The molecular weight excluding hydrogens is 538 g/mol. The molecule has 0 heterocycles. The molecule has 1 aromatic rings. The second kappa shape index (κ2) is 13.9. The van der Waals surface area contributed by atoms with Gasteiger partial charge in [0, 0.05) is 11.8 Å². The molecule has 0 saturated carbocycles. The minimum absolute atomic E-state index is 0.182. The molecule has 0 aliphatic rings. The first kappa shape index (κ1) is 35.5. The second-order valence-corrected chi connectivity index (χ2v) is 12.4. The van der Waals surface area contributed by atoms with E-state index in [0.717, 1.165) is 0 Å². The third-order valence-electron chi connectivity index (χ3n) is 5.99. The van der Waals surface area contributed by atoms with E-state index in [1.807, 2.05) is 6.92 Å². The molecule has 0 saturated heterocycles. The van der Waals surface area contributed by atoms with Crippen molar-refractivity contribution in [2.45, 2.75) is 117 Å². The van der Waals surface area contributed by atoms with Crippen LogP contribution in [0.15, 0.2) is 18.2 Å². The fraction of sp³-hybridized carbons (Fsp3) is 0.655. The number of benzene rings is 1. The van der Waals surface area contributed by atoms with Gasteiger partial charge in [-0.3, -0.25) is 4.79 Å². The van der Waals surface area contributed by atoms with Crippen LogP contribution in [-0.2, 0) is 23.7 Å². The number of carbonyl (C=O) groups excluding carboxylic acids is 3. The van der Waals surface area contributed by atoms with Gasteiger partial charge in [-0.25, -0.2) is 14.4 Å². The second-order valence-electron chi connectivity index (χ2n) is 12.4. The van der Waals surface area contributed by atoms with Gasteiger partial charge in [0.25, 0.3) is 0 Å². The van der Waals surface area contributed by atoms with Gasteiger partial charge in [0.2, 0.25) is 0 Å². The van der Waals surface area contributed by atoms with Gasteiger partial charge in [-0.15, -0.1) is 0 Å². The summed E-state index contributed by atoms with van der Waals surface area (Å²) in [5, 5.41) is 9.79. The summed E-state index contributed by atoms with van der Waals surface area (Å²) >= 11 is 0. The van der Waals surface area contributed by atoms with E-state index >= 15 is 0 Å². The highest BCUT2D eigenvalue weighted by Gasteiger charge is 2.37. The SMILES string of the molecule is CCC(C)(C)OC(=O)OC(C)C(C)C(c1ccc(OC(=O)OC(C)(C)C)c(OC(=O)OC(C)(C)C)c1)[C@H](N)C(=O)O. The molecule has 41 heavy (non-hydrogen) atoms. The zero-order valence-electron chi connectivity index (χ0n) is 25.9. The molecule has 12 nitrogen and oxygen atoms in total. The van der Waals surface area contributed by atoms with Gasteiger partial charge in [-0.2, -0.15) is 0 Å². The summed E-state index contributed by atoms with van der Waals surface area (Å²) in [7, 11) is 0. The van der Waals surface area contributed by atoms with Gasteiger partial charge in [0.1, 0.15) is 28.9 Å². The van der Waals surface area contributed by atoms with Crippen LogP contribution in [0.25, 0.3) is 0 Å². The Morgan fingerprint density at radius 3 is 1.73 bits per heavy atom. The van der Waals surface area contributed by atoms with Crippen LogP contribution in [-0.4, -0.2) is 58.5 Å². The molecule has 0 radical (unpaired) electrons. The monoisotopic (exact) mass is 583 g/mol. The van der Waals surface area contributed by atoms with Crippen molar-refractivity contribution >= 4 is 24.4 Å². The van der Waals surface area contributed by atoms with Crippen LogP contribution >= 0.6 is 0 Å². The normalized spacial score (nSPS) is 15.0. The molecule has 0 aromatic heterocycles. The van der Waals surface area contributed by atoms with E-state index in [2.05, 4.69) is 0 Å². The van der Waals surface area contributed by atoms with Gasteiger partial charge in [0.15, 0.2) is 11.5 Å². The first-order valence-corrected chi connectivity index (χ1v) is 13.4. The summed E-state index contributed by atoms with van der Waals surface area (Å²) in [6.07, 6.45) is -3.33. The first-order chi connectivity index (χ1) is 18.5. The Bertz CT molecular complexity index is 1090. The van der Waals surface area contributed by atoms with E-state index in [0.29, 0.717) is 12.0 Å². The van der Waals surface area contributed by atoms with Gasteiger partial charge in [-0.1, -0.05) is 19.9 Å². The van der Waals surface area contributed by atoms with Gasteiger partial charge in [0.05, 0.1) is 0 Å². The van der Waals surface area contributed by atoms with E-state index in [-0.39, 0.29) is 11.5 Å². The van der Waals surface area contributed by atoms with Gasteiger partial charge >= 0.3 is 24.4 Å². The first-order valence-electron chi connectivity index (χ1n) is 13.4. The van der Waals surface area contributed by atoms with Crippen molar-refractivity contribution < 1.29 is 52.7 Å². The average molecular weight is 584 g/mol. The van der Waals surface area contributed by atoms with Crippen molar-refractivity contribution in [3.05, 3.63) is 23.8 Å². The number of rotatable bonds is 10. The molecule has 12 heteroatoms. The standard InChI is InChI=1S/C29H45NO11/c1-12-29(10,11)41-24(33)36-17(3)16(2)21(22(30)23(31)32)18-13-14-19(37-25(34)39-27(4,5)6)20(15-18)38-26(35)40-28(7,8)9/h13-17,21-22H,12,30H2,1-11H3,(H,31,32)/t16?,17?,21?,22-/m0/s1. The summed E-state index contributed by atoms with van der Waals surface area (Å²) in [6.45, 7) is 18.4. The summed E-state index contributed by atoms with van der Waals surface area (Å²) in [5.41, 5.74) is 3.90. The Hall–Kier alpha value is -3.54. The average Bonchev–Trinajstić information content (AvgIpc) is 2.77. The fourth-order valence-corrected chi connectivity index (χ4v) is 3.48. The molecule has 1 aromatic carbocycles. The molecule has 0 amide bonds. The molecule has 3 unspecified atom stereocenters. The van der Waals surface area contributed by atoms with Gasteiger partial charge < -0.3 is 39.3 Å². The maximum absolute atomic E-state index is 12.5. The van der Waals surface area contributed by atoms with Crippen molar-refractivity contribution in [1.82, 2.24) is 0 Å². The number of carboxylic acids is 1. The lowest BCUT2D eigenvalue weighted by molar-refractivity contribution is -0.139. The lowest BCUT2D eigenvalue weighted by Gasteiger charge is -2.32. The Morgan fingerprint density at radius 1 is 0.805 bits per heavy atom. The summed E-state index contributed by atoms with van der Waals surface area (Å²) in [6, 6.07) is 2.65. The number of carbonyl (C=O) groups is 4. The Balaban J connectivity index is 3.48. The Kier molecular flexibility index (Phi) is 12.0. The number of aliphatic carboxylic acids is 1. The third-order valence-corrected chi connectivity index (χ3v) is 5.99. The minimum Gasteiger partial charge on any atom is -0.480 e. The molecule has 0 spiro atoms. The fourth-order valence-electron chi connectivity index (χ4n) is 3.48. The van der Waals surface area contributed by atoms with Crippen LogP contribution in [0.4, 0.5) is 14.4 Å². The zero-order chi connectivity index (χ0) is 31.9. The van der Waals surface area contributed by atoms with E-state index in [1.54, 1.807) is 69.2 Å². The summed E-state index contributed by atoms with van der Waals surface area (Å²) in [5.74, 6) is -3.35. The van der Waals surface area contributed by atoms with E-state index in [1.165, 1.54) is 18.2 Å². The van der Waals surface area contributed by atoms with Crippen LogP contribution < -0.4 is 15.2 Å². The molecular formula is C29H45NO11. The molecule has 232 valence electrons. The molecule has 3 N–H and O–H groups in total. The van der Waals surface area contributed by atoms with Crippen molar-refractivity contribution in [2.75, 3.05) is 0 Å². The number of nitrogens with two attached hydrogens (primary N) is 1. The van der Waals surface area contributed by atoms with E-state index in [9.17, 15) is 24.3 Å². The van der Waals surface area contributed by atoms with Crippen LogP contribution in [0.5, 0.6) is 11.5 Å². The third kappa shape index (κ3) is 12.2. The molecule has 0 aliphatic heterocycles. The van der Waals surface area contributed by atoms with E-state index in [4.69, 9.17) is 34.2 Å². The maximum atomic E-state index is 12.5. The minimum atomic E-state index is -1.45. The predicted octanol–water partition coefficient (Wildman–Crippen LogP) is 6.18. The molecule has 0 bridgehead atoms. The highest BCUT2D eigenvalue weighted by Crippen LogP contribution is 2.38. The highest BCUT2D eigenvalue weighted by atomic mass is 16.8. The van der Waals surface area contributed by atoms with Crippen molar-refractivity contribution in [2.24, 2.45) is 11.7 Å². The largest absolute Gasteiger partial charge is 0.514 e. The lowest BCUT2D eigenvalue weighted by atomic mass is 9.79. The van der Waals surface area contributed by atoms with Crippen LogP contribution in [0, 0.1) is 5.92 Å². The smallest absolute Gasteiger partial charge is 0.480 e. The maximum Gasteiger partial charge on any atom is 0.514 e. The molecule has 4 atom stereocenters.